The number of benzene rings is 1. The third kappa shape index (κ3) is 3.96. The smallest absolute Gasteiger partial charge is 0.227 e. The molecule has 1 fully saturated rings. The normalized spacial score (nSPS) is 19.9. The molecule has 2 rings (SSSR count). The van der Waals surface area contributed by atoms with Crippen molar-refractivity contribution >= 4 is 34.2 Å². The van der Waals surface area contributed by atoms with Crippen molar-refractivity contribution < 1.29 is 9.53 Å². The van der Waals surface area contributed by atoms with Crippen molar-refractivity contribution in [1.82, 2.24) is 0 Å². The molecule has 1 atom stereocenters. The van der Waals surface area contributed by atoms with Gasteiger partial charge in [-0.2, -0.15) is 0 Å². The lowest BCUT2D eigenvalue weighted by molar-refractivity contribution is -0.119. The van der Waals surface area contributed by atoms with E-state index >= 15 is 0 Å². The Labute approximate surface area is 115 Å². The van der Waals surface area contributed by atoms with E-state index in [1.807, 2.05) is 24.3 Å². The Balaban J connectivity index is 1.86. The van der Waals surface area contributed by atoms with Crippen molar-refractivity contribution in [3.63, 3.8) is 0 Å². The summed E-state index contributed by atoms with van der Waals surface area (Å²) in [5, 5.41) is 2.93. The topological polar surface area (TPSA) is 38.3 Å². The fourth-order valence-corrected chi connectivity index (χ4v) is 2.46. The maximum Gasteiger partial charge on any atom is 0.227 e. The first kappa shape index (κ1) is 12.8. The lowest BCUT2D eigenvalue weighted by Crippen LogP contribution is -2.25. The maximum absolute atomic E-state index is 11.8. The second-order valence-electron chi connectivity index (χ2n) is 4.22. The van der Waals surface area contributed by atoms with Crippen molar-refractivity contribution in [2.45, 2.75) is 31.8 Å². The summed E-state index contributed by atoms with van der Waals surface area (Å²) < 4.78 is 6.61. The first-order valence-electron chi connectivity index (χ1n) is 5.91. The predicted molar refractivity (Wildman–Crippen MR) is 76.0 cm³/mol. The van der Waals surface area contributed by atoms with Gasteiger partial charge in [0.05, 0.1) is 18.2 Å². The molecule has 1 aliphatic rings. The summed E-state index contributed by atoms with van der Waals surface area (Å²) in [6, 6.07) is 7.78. The van der Waals surface area contributed by atoms with Gasteiger partial charge in [0.25, 0.3) is 0 Å². The number of rotatable bonds is 3. The summed E-state index contributed by atoms with van der Waals surface area (Å²) >= 11 is 2.22. The number of anilines is 1. The van der Waals surface area contributed by atoms with Crippen LogP contribution in [0.1, 0.15) is 25.7 Å². The largest absolute Gasteiger partial charge is 0.378 e. The van der Waals surface area contributed by atoms with E-state index in [1.165, 1.54) is 6.42 Å². The SMILES string of the molecule is O=C(CC1CCCCO1)Nc1ccccc1I. The minimum absolute atomic E-state index is 0.0426. The molecule has 1 N–H and O–H groups in total. The van der Waals surface area contributed by atoms with Crippen molar-refractivity contribution in [3.05, 3.63) is 27.8 Å². The predicted octanol–water partition coefficient (Wildman–Crippen LogP) is 3.19. The molecule has 1 aliphatic heterocycles. The van der Waals surface area contributed by atoms with Crippen LogP contribution in [0, 0.1) is 3.57 Å². The molecule has 0 bridgehead atoms. The van der Waals surface area contributed by atoms with Gasteiger partial charge in [-0.15, -0.1) is 0 Å². The van der Waals surface area contributed by atoms with Gasteiger partial charge >= 0.3 is 0 Å². The highest BCUT2D eigenvalue weighted by Gasteiger charge is 2.17. The van der Waals surface area contributed by atoms with E-state index in [0.717, 1.165) is 28.7 Å². The molecule has 0 aliphatic carbocycles. The zero-order valence-corrected chi connectivity index (χ0v) is 11.8. The first-order chi connectivity index (χ1) is 8.25. The number of carbonyl (C=O) groups excluding carboxylic acids is 1. The van der Waals surface area contributed by atoms with Crippen LogP contribution in [0.3, 0.4) is 0 Å². The maximum atomic E-state index is 11.8. The van der Waals surface area contributed by atoms with E-state index in [9.17, 15) is 4.79 Å². The number of amides is 1. The first-order valence-corrected chi connectivity index (χ1v) is 6.99. The van der Waals surface area contributed by atoms with Crippen LogP contribution in [0.15, 0.2) is 24.3 Å². The Bertz CT molecular complexity index is 389. The van der Waals surface area contributed by atoms with Crippen LogP contribution in [-0.4, -0.2) is 18.6 Å². The van der Waals surface area contributed by atoms with E-state index in [-0.39, 0.29) is 12.0 Å². The van der Waals surface area contributed by atoms with Crippen LogP contribution in [0.5, 0.6) is 0 Å². The van der Waals surface area contributed by atoms with Crippen LogP contribution in [0.2, 0.25) is 0 Å². The Morgan fingerprint density at radius 1 is 1.41 bits per heavy atom. The molecule has 92 valence electrons. The highest BCUT2D eigenvalue weighted by atomic mass is 127. The van der Waals surface area contributed by atoms with Crippen LogP contribution in [-0.2, 0) is 9.53 Å². The molecule has 0 aromatic heterocycles. The van der Waals surface area contributed by atoms with Crippen molar-refractivity contribution in [2.24, 2.45) is 0 Å². The van der Waals surface area contributed by atoms with Gasteiger partial charge in [-0.1, -0.05) is 12.1 Å². The second kappa shape index (κ2) is 6.35. The highest BCUT2D eigenvalue weighted by molar-refractivity contribution is 14.1. The van der Waals surface area contributed by atoms with Gasteiger partial charge in [0.1, 0.15) is 0 Å². The molecule has 1 saturated heterocycles. The van der Waals surface area contributed by atoms with E-state index in [0.29, 0.717) is 6.42 Å². The van der Waals surface area contributed by atoms with Crippen LogP contribution < -0.4 is 5.32 Å². The van der Waals surface area contributed by atoms with Gasteiger partial charge in [0.2, 0.25) is 5.91 Å². The third-order valence-corrected chi connectivity index (χ3v) is 3.78. The summed E-state index contributed by atoms with van der Waals surface area (Å²) in [6.45, 7) is 0.792. The second-order valence-corrected chi connectivity index (χ2v) is 5.38. The zero-order chi connectivity index (χ0) is 12.1. The number of para-hydroxylation sites is 1. The molecular weight excluding hydrogens is 329 g/mol. The molecule has 0 radical (unpaired) electrons. The average Bonchev–Trinajstić information content (AvgIpc) is 2.33. The van der Waals surface area contributed by atoms with E-state index < -0.39 is 0 Å². The van der Waals surface area contributed by atoms with Gasteiger partial charge in [-0.05, 0) is 54.0 Å². The fourth-order valence-electron chi connectivity index (χ4n) is 1.94. The highest BCUT2D eigenvalue weighted by Crippen LogP contribution is 2.19. The zero-order valence-electron chi connectivity index (χ0n) is 9.62. The lowest BCUT2D eigenvalue weighted by Gasteiger charge is -2.22. The van der Waals surface area contributed by atoms with Gasteiger partial charge in [-0.3, -0.25) is 4.79 Å². The Morgan fingerprint density at radius 2 is 2.24 bits per heavy atom. The number of halogens is 1. The average molecular weight is 345 g/mol. The number of hydrogen-bond donors (Lipinski definition) is 1. The minimum Gasteiger partial charge on any atom is -0.378 e. The van der Waals surface area contributed by atoms with E-state index in [1.54, 1.807) is 0 Å². The van der Waals surface area contributed by atoms with Gasteiger partial charge in [0.15, 0.2) is 0 Å². The van der Waals surface area contributed by atoms with Crippen molar-refractivity contribution in [1.29, 1.82) is 0 Å². The summed E-state index contributed by atoms with van der Waals surface area (Å²) in [4.78, 5) is 11.8. The van der Waals surface area contributed by atoms with Gasteiger partial charge in [0, 0.05) is 10.2 Å². The molecule has 0 spiro atoms. The molecule has 0 saturated carbocycles. The third-order valence-electron chi connectivity index (χ3n) is 2.84. The van der Waals surface area contributed by atoms with Gasteiger partial charge in [-0.25, -0.2) is 0 Å². The molecule has 4 heteroatoms. The molecule has 1 unspecified atom stereocenters. The molecule has 1 heterocycles. The lowest BCUT2D eigenvalue weighted by atomic mass is 10.1. The monoisotopic (exact) mass is 345 g/mol. The summed E-state index contributed by atoms with van der Waals surface area (Å²) in [6.07, 6.45) is 3.85. The van der Waals surface area contributed by atoms with Crippen LogP contribution >= 0.6 is 22.6 Å². The van der Waals surface area contributed by atoms with Crippen molar-refractivity contribution in [3.8, 4) is 0 Å². The number of nitrogens with one attached hydrogen (secondary N) is 1. The molecule has 17 heavy (non-hydrogen) atoms. The Kier molecular flexibility index (Phi) is 4.79. The van der Waals surface area contributed by atoms with E-state index in [2.05, 4.69) is 27.9 Å². The minimum atomic E-state index is 0.0426. The number of hydrogen-bond acceptors (Lipinski definition) is 2. The summed E-state index contributed by atoms with van der Waals surface area (Å²) in [7, 11) is 0. The molecule has 1 amide bonds. The fraction of sp³-hybridized carbons (Fsp3) is 0.462. The standard InChI is InChI=1S/C13H16INO2/c14-11-6-1-2-7-12(11)15-13(16)9-10-5-3-4-8-17-10/h1-2,6-7,10H,3-5,8-9H2,(H,15,16). The molecule has 1 aromatic carbocycles. The van der Waals surface area contributed by atoms with Crippen LogP contribution in [0.4, 0.5) is 5.69 Å². The summed E-state index contributed by atoms with van der Waals surface area (Å²) in [5.74, 6) is 0.0426. The van der Waals surface area contributed by atoms with Crippen LogP contribution in [0.25, 0.3) is 0 Å². The molecule has 3 nitrogen and oxygen atoms in total. The quantitative estimate of drug-likeness (QED) is 0.855. The molecular formula is C13H16INO2. The Hall–Kier alpha value is -0.620. The summed E-state index contributed by atoms with van der Waals surface area (Å²) in [5.41, 5.74) is 0.883. The van der Waals surface area contributed by atoms with Gasteiger partial charge < -0.3 is 10.1 Å². The Morgan fingerprint density at radius 3 is 2.94 bits per heavy atom. The number of ether oxygens (including phenoxy) is 1. The number of carbonyl (C=O) groups is 1. The van der Waals surface area contributed by atoms with E-state index in [4.69, 9.17) is 4.74 Å². The van der Waals surface area contributed by atoms with Crippen molar-refractivity contribution in [2.75, 3.05) is 11.9 Å². The molecule has 1 aromatic rings.